The van der Waals surface area contributed by atoms with Crippen LogP contribution in [0, 0.1) is 18.3 Å². The molecule has 2 saturated heterocycles. The Morgan fingerprint density at radius 3 is 2.72 bits per heavy atom. The predicted molar refractivity (Wildman–Crippen MR) is 96.0 cm³/mol. The second-order valence-corrected chi connectivity index (χ2v) is 6.89. The first kappa shape index (κ1) is 15.6. The highest BCUT2D eigenvalue weighted by atomic mass is 16.2. The van der Waals surface area contributed by atoms with Crippen LogP contribution in [0.15, 0.2) is 36.5 Å². The van der Waals surface area contributed by atoms with Gasteiger partial charge in [-0.2, -0.15) is 5.26 Å². The SMILES string of the molecule is Cc1ccc(NC(=O)N2C3CCCC2C3)cc1-c1ccc(C#N)nc1. The number of urea groups is 1. The Morgan fingerprint density at radius 1 is 1.28 bits per heavy atom. The quantitative estimate of drug-likeness (QED) is 0.900. The lowest BCUT2D eigenvalue weighted by Crippen LogP contribution is -2.62. The van der Waals surface area contributed by atoms with E-state index in [2.05, 4.69) is 10.3 Å². The van der Waals surface area contributed by atoms with Gasteiger partial charge < -0.3 is 10.2 Å². The fourth-order valence-corrected chi connectivity index (χ4v) is 3.95. The lowest BCUT2D eigenvalue weighted by Gasteiger charge is -2.52. The van der Waals surface area contributed by atoms with E-state index in [0.717, 1.165) is 41.6 Å². The molecule has 5 heteroatoms. The maximum Gasteiger partial charge on any atom is 0.322 e. The highest BCUT2D eigenvalue weighted by molar-refractivity contribution is 5.91. The van der Waals surface area contributed by atoms with Crippen molar-refractivity contribution in [3.8, 4) is 17.2 Å². The molecule has 2 atom stereocenters. The van der Waals surface area contributed by atoms with Crippen molar-refractivity contribution in [2.75, 3.05) is 5.32 Å². The Morgan fingerprint density at radius 2 is 2.08 bits per heavy atom. The van der Waals surface area contributed by atoms with Crippen LogP contribution in [-0.2, 0) is 0 Å². The molecule has 4 rings (SSSR count). The molecular formula is C20H20N4O. The van der Waals surface area contributed by atoms with Crippen LogP contribution in [0.4, 0.5) is 10.5 Å². The molecule has 1 aromatic carbocycles. The van der Waals surface area contributed by atoms with Crippen molar-refractivity contribution >= 4 is 11.7 Å². The van der Waals surface area contributed by atoms with Crippen LogP contribution < -0.4 is 5.32 Å². The Hall–Kier alpha value is -2.87. The first-order valence-corrected chi connectivity index (χ1v) is 8.72. The fourth-order valence-electron chi connectivity index (χ4n) is 3.95. The van der Waals surface area contributed by atoms with E-state index in [4.69, 9.17) is 5.26 Å². The Kier molecular flexibility index (Phi) is 3.89. The number of aryl methyl sites for hydroxylation is 1. The first-order chi connectivity index (χ1) is 12.2. The van der Waals surface area contributed by atoms with Crippen molar-refractivity contribution < 1.29 is 4.79 Å². The molecule has 2 unspecified atom stereocenters. The van der Waals surface area contributed by atoms with Crippen LogP contribution >= 0.6 is 0 Å². The van der Waals surface area contributed by atoms with Gasteiger partial charge in [0.15, 0.2) is 0 Å². The van der Waals surface area contributed by atoms with Gasteiger partial charge in [-0.05, 0) is 68.0 Å². The third-order valence-electron chi connectivity index (χ3n) is 5.32. The maximum absolute atomic E-state index is 12.6. The number of nitrogens with one attached hydrogen (secondary N) is 1. The molecule has 126 valence electrons. The number of piperidine rings is 1. The average Bonchev–Trinajstić information content (AvgIpc) is 2.64. The van der Waals surface area contributed by atoms with Crippen LogP contribution in [0.2, 0.25) is 0 Å². The van der Waals surface area contributed by atoms with Gasteiger partial charge in [0, 0.05) is 29.5 Å². The van der Waals surface area contributed by atoms with E-state index in [-0.39, 0.29) is 6.03 Å². The summed E-state index contributed by atoms with van der Waals surface area (Å²) >= 11 is 0. The molecule has 0 saturated carbocycles. The minimum absolute atomic E-state index is 0.00806. The maximum atomic E-state index is 12.6. The predicted octanol–water partition coefficient (Wildman–Crippen LogP) is 4.09. The van der Waals surface area contributed by atoms with E-state index >= 15 is 0 Å². The van der Waals surface area contributed by atoms with E-state index in [9.17, 15) is 4.79 Å². The second kappa shape index (κ2) is 6.21. The van der Waals surface area contributed by atoms with Crippen molar-refractivity contribution in [3.05, 3.63) is 47.8 Å². The molecule has 1 aromatic heterocycles. The molecule has 3 heterocycles. The van der Waals surface area contributed by atoms with E-state index in [1.165, 1.54) is 6.42 Å². The van der Waals surface area contributed by atoms with Gasteiger partial charge in [-0.25, -0.2) is 9.78 Å². The molecule has 2 aromatic rings. The number of rotatable bonds is 2. The molecule has 0 spiro atoms. The third-order valence-corrected chi connectivity index (χ3v) is 5.32. The molecule has 2 fully saturated rings. The van der Waals surface area contributed by atoms with Crippen LogP contribution in [0.3, 0.4) is 0 Å². The van der Waals surface area contributed by atoms with E-state index in [1.807, 2.05) is 42.2 Å². The number of anilines is 1. The second-order valence-electron chi connectivity index (χ2n) is 6.89. The third kappa shape index (κ3) is 2.85. The summed E-state index contributed by atoms with van der Waals surface area (Å²) in [6, 6.07) is 12.4. The van der Waals surface area contributed by atoms with Crippen molar-refractivity contribution in [3.63, 3.8) is 0 Å². The van der Waals surface area contributed by atoms with Gasteiger partial charge in [0.25, 0.3) is 0 Å². The number of carbonyl (C=O) groups is 1. The van der Waals surface area contributed by atoms with Gasteiger partial charge in [-0.15, -0.1) is 0 Å². The highest BCUT2D eigenvalue weighted by Gasteiger charge is 2.44. The summed E-state index contributed by atoms with van der Waals surface area (Å²) in [5.74, 6) is 0. The number of hydrogen-bond donors (Lipinski definition) is 1. The van der Waals surface area contributed by atoms with Gasteiger partial charge in [-0.1, -0.05) is 6.07 Å². The lowest BCUT2D eigenvalue weighted by molar-refractivity contribution is 0.0173. The zero-order valence-corrected chi connectivity index (χ0v) is 14.2. The number of hydrogen-bond acceptors (Lipinski definition) is 3. The molecule has 2 aliphatic heterocycles. The number of nitrogens with zero attached hydrogens (tertiary/aromatic N) is 3. The van der Waals surface area contributed by atoms with E-state index < -0.39 is 0 Å². The van der Waals surface area contributed by atoms with Crippen LogP contribution in [0.5, 0.6) is 0 Å². The summed E-state index contributed by atoms with van der Waals surface area (Å²) in [7, 11) is 0. The van der Waals surface area contributed by atoms with Gasteiger partial charge in [0.1, 0.15) is 11.8 Å². The minimum atomic E-state index is 0.00806. The fraction of sp³-hybridized carbons (Fsp3) is 0.350. The standard InChI is InChI=1S/C20H20N4O/c1-13-5-7-15(9-19(13)14-6-8-16(11-21)22-12-14)23-20(25)24-17-3-2-4-18(24)10-17/h5-9,12,17-18H,2-4,10H2,1H3,(H,23,25). The van der Waals surface area contributed by atoms with Crippen molar-refractivity contribution in [1.29, 1.82) is 5.26 Å². The Labute approximate surface area is 147 Å². The molecule has 1 N–H and O–H groups in total. The minimum Gasteiger partial charge on any atom is -0.318 e. The molecule has 2 bridgehead atoms. The molecule has 0 radical (unpaired) electrons. The smallest absolute Gasteiger partial charge is 0.318 e. The van der Waals surface area contributed by atoms with Crippen LogP contribution in [0.25, 0.3) is 11.1 Å². The Balaban J connectivity index is 1.55. The van der Waals surface area contributed by atoms with Gasteiger partial charge in [-0.3, -0.25) is 0 Å². The van der Waals surface area contributed by atoms with Crippen molar-refractivity contribution in [2.45, 2.75) is 44.7 Å². The molecule has 2 aliphatic rings. The monoisotopic (exact) mass is 332 g/mol. The lowest BCUT2D eigenvalue weighted by atomic mass is 9.80. The summed E-state index contributed by atoms with van der Waals surface area (Å²) in [4.78, 5) is 18.7. The number of benzene rings is 1. The van der Waals surface area contributed by atoms with Crippen molar-refractivity contribution in [1.82, 2.24) is 9.88 Å². The topological polar surface area (TPSA) is 69.0 Å². The highest BCUT2D eigenvalue weighted by Crippen LogP contribution is 2.38. The van der Waals surface area contributed by atoms with Gasteiger partial charge in [0.05, 0.1) is 0 Å². The van der Waals surface area contributed by atoms with E-state index in [1.54, 1.807) is 12.3 Å². The zero-order valence-electron chi connectivity index (χ0n) is 14.2. The summed E-state index contributed by atoms with van der Waals surface area (Å²) in [6.07, 6.45) is 6.34. The molecule has 0 aliphatic carbocycles. The van der Waals surface area contributed by atoms with Gasteiger partial charge in [0.2, 0.25) is 0 Å². The molecule has 5 nitrogen and oxygen atoms in total. The number of carbonyl (C=O) groups excluding carboxylic acids is 1. The normalized spacial score (nSPS) is 21.2. The largest absolute Gasteiger partial charge is 0.322 e. The number of fused-ring (bicyclic) bond motifs is 2. The summed E-state index contributed by atoms with van der Waals surface area (Å²) in [5, 5.41) is 11.9. The summed E-state index contributed by atoms with van der Waals surface area (Å²) in [5.41, 5.74) is 4.24. The Bertz CT molecular complexity index is 839. The average molecular weight is 332 g/mol. The zero-order chi connectivity index (χ0) is 17.4. The van der Waals surface area contributed by atoms with Crippen LogP contribution in [-0.4, -0.2) is 28.0 Å². The summed E-state index contributed by atoms with van der Waals surface area (Å²) < 4.78 is 0. The number of nitriles is 1. The number of pyridine rings is 1. The van der Waals surface area contributed by atoms with E-state index in [0.29, 0.717) is 17.8 Å². The summed E-state index contributed by atoms with van der Waals surface area (Å²) in [6.45, 7) is 2.03. The molecular weight excluding hydrogens is 312 g/mol. The molecule has 25 heavy (non-hydrogen) atoms. The number of amides is 2. The molecule has 2 amide bonds. The first-order valence-electron chi connectivity index (χ1n) is 8.72. The van der Waals surface area contributed by atoms with Gasteiger partial charge >= 0.3 is 6.03 Å². The van der Waals surface area contributed by atoms with Crippen LogP contribution in [0.1, 0.15) is 36.9 Å². The number of aromatic nitrogens is 1. The van der Waals surface area contributed by atoms with Crippen molar-refractivity contribution in [2.24, 2.45) is 0 Å².